The predicted octanol–water partition coefficient (Wildman–Crippen LogP) is 4.80. The van der Waals surface area contributed by atoms with Crippen LogP contribution in [-0.4, -0.2) is 30.2 Å². The zero-order valence-electron chi connectivity index (χ0n) is 18.5. The van der Waals surface area contributed by atoms with Gasteiger partial charge in [-0.15, -0.1) is 0 Å². The van der Waals surface area contributed by atoms with E-state index in [1.54, 1.807) is 6.21 Å². The van der Waals surface area contributed by atoms with Crippen molar-refractivity contribution in [2.75, 3.05) is 13.2 Å². The third kappa shape index (κ3) is 5.83. The van der Waals surface area contributed by atoms with Gasteiger partial charge in [-0.2, -0.15) is 5.10 Å². The first-order chi connectivity index (χ1) is 15.7. The van der Waals surface area contributed by atoms with Crippen molar-refractivity contribution in [2.45, 2.75) is 32.9 Å². The zero-order chi connectivity index (χ0) is 22.2. The highest BCUT2D eigenvalue weighted by molar-refractivity contribution is 5.94. The number of benzene rings is 3. The molecule has 1 heterocycles. The van der Waals surface area contributed by atoms with Crippen molar-refractivity contribution in [1.29, 1.82) is 0 Å². The fourth-order valence-corrected chi connectivity index (χ4v) is 3.81. The molecule has 0 aromatic heterocycles. The number of nitrogens with zero attached hydrogens (tertiary/aromatic N) is 2. The van der Waals surface area contributed by atoms with Crippen molar-refractivity contribution >= 4 is 12.1 Å². The smallest absolute Gasteiger partial charge is 0.271 e. The topological polar surface area (TPSA) is 53.9 Å². The number of fused-ring (bicyclic) bond motifs is 1. The number of nitrogens with one attached hydrogen (secondary N) is 1. The zero-order valence-corrected chi connectivity index (χ0v) is 18.5. The van der Waals surface area contributed by atoms with Gasteiger partial charge in [0, 0.05) is 25.2 Å². The molecule has 5 heteroatoms. The Hall–Kier alpha value is -3.44. The SMILES string of the molecule is CCCOc1ccc(/C=N\NC(=O)c2ccc(CN3CCc4ccccc4C3)cc2)cc1. The summed E-state index contributed by atoms with van der Waals surface area (Å²) >= 11 is 0. The van der Waals surface area contributed by atoms with Gasteiger partial charge in [-0.05, 0) is 71.5 Å². The van der Waals surface area contributed by atoms with Crippen molar-refractivity contribution in [2.24, 2.45) is 5.10 Å². The lowest BCUT2D eigenvalue weighted by Crippen LogP contribution is -2.30. The first-order valence-electron chi connectivity index (χ1n) is 11.2. The fraction of sp³-hybridized carbons (Fsp3) is 0.259. The van der Waals surface area contributed by atoms with Crippen LogP contribution < -0.4 is 10.2 Å². The van der Waals surface area contributed by atoms with Crippen LogP contribution in [0.1, 0.15) is 46.0 Å². The van der Waals surface area contributed by atoms with E-state index in [9.17, 15) is 4.79 Å². The Morgan fingerprint density at radius 3 is 2.53 bits per heavy atom. The largest absolute Gasteiger partial charge is 0.494 e. The monoisotopic (exact) mass is 427 g/mol. The Bertz CT molecular complexity index is 1060. The van der Waals surface area contributed by atoms with Gasteiger partial charge in [0.25, 0.3) is 5.91 Å². The van der Waals surface area contributed by atoms with Crippen LogP contribution in [0.4, 0.5) is 0 Å². The highest BCUT2D eigenvalue weighted by Crippen LogP contribution is 2.20. The third-order valence-corrected chi connectivity index (χ3v) is 5.56. The molecule has 3 aromatic rings. The lowest BCUT2D eigenvalue weighted by molar-refractivity contribution is 0.0955. The van der Waals surface area contributed by atoms with Gasteiger partial charge in [-0.3, -0.25) is 9.69 Å². The second-order valence-corrected chi connectivity index (χ2v) is 8.04. The minimum atomic E-state index is -0.220. The normalized spacial score (nSPS) is 13.7. The van der Waals surface area contributed by atoms with Crippen molar-refractivity contribution in [1.82, 2.24) is 10.3 Å². The van der Waals surface area contributed by atoms with E-state index in [-0.39, 0.29) is 5.91 Å². The summed E-state index contributed by atoms with van der Waals surface area (Å²) in [6.45, 7) is 5.68. The maximum absolute atomic E-state index is 12.4. The van der Waals surface area contributed by atoms with Gasteiger partial charge in [-0.1, -0.05) is 43.3 Å². The van der Waals surface area contributed by atoms with Gasteiger partial charge < -0.3 is 4.74 Å². The molecule has 0 spiro atoms. The molecule has 0 unspecified atom stereocenters. The highest BCUT2D eigenvalue weighted by atomic mass is 16.5. The molecule has 0 bridgehead atoms. The second kappa shape index (κ2) is 10.7. The average molecular weight is 428 g/mol. The molecule has 0 fully saturated rings. The average Bonchev–Trinajstić information content (AvgIpc) is 2.84. The van der Waals surface area contributed by atoms with Crippen LogP contribution in [0.3, 0.4) is 0 Å². The Kier molecular flexibility index (Phi) is 7.31. The molecule has 0 aliphatic carbocycles. The van der Waals surface area contributed by atoms with Gasteiger partial charge in [0.2, 0.25) is 0 Å². The van der Waals surface area contributed by atoms with Crippen LogP contribution in [0.2, 0.25) is 0 Å². The molecule has 3 aromatic carbocycles. The molecule has 0 saturated heterocycles. The Balaban J connectivity index is 1.27. The van der Waals surface area contributed by atoms with Crippen LogP contribution in [-0.2, 0) is 19.5 Å². The van der Waals surface area contributed by atoms with E-state index in [4.69, 9.17) is 4.74 Å². The lowest BCUT2D eigenvalue weighted by Gasteiger charge is -2.28. The van der Waals surface area contributed by atoms with E-state index in [2.05, 4.69) is 46.6 Å². The molecule has 32 heavy (non-hydrogen) atoms. The number of hydrazone groups is 1. The fourth-order valence-electron chi connectivity index (χ4n) is 3.81. The van der Waals surface area contributed by atoms with Crippen LogP contribution >= 0.6 is 0 Å². The van der Waals surface area contributed by atoms with E-state index in [1.165, 1.54) is 16.7 Å². The number of hydrogen-bond acceptors (Lipinski definition) is 4. The summed E-state index contributed by atoms with van der Waals surface area (Å²) in [5, 5.41) is 4.07. The van der Waals surface area contributed by atoms with Crippen LogP contribution in [0.25, 0.3) is 0 Å². The van der Waals surface area contributed by atoms with E-state index in [0.29, 0.717) is 12.2 Å². The number of hydrogen-bond donors (Lipinski definition) is 1. The van der Waals surface area contributed by atoms with E-state index in [0.717, 1.165) is 43.8 Å². The Morgan fingerprint density at radius 1 is 1.03 bits per heavy atom. The second-order valence-electron chi connectivity index (χ2n) is 8.04. The van der Waals surface area contributed by atoms with Crippen molar-refractivity contribution < 1.29 is 9.53 Å². The first-order valence-corrected chi connectivity index (χ1v) is 11.2. The van der Waals surface area contributed by atoms with Crippen LogP contribution in [0.5, 0.6) is 5.75 Å². The van der Waals surface area contributed by atoms with Crippen molar-refractivity contribution in [3.05, 3.63) is 101 Å². The van der Waals surface area contributed by atoms with Crippen molar-refractivity contribution in [3.63, 3.8) is 0 Å². The minimum Gasteiger partial charge on any atom is -0.494 e. The summed E-state index contributed by atoms with van der Waals surface area (Å²) < 4.78 is 5.57. The standard InChI is InChI=1S/C27H29N3O2/c1-2-17-32-26-13-9-21(10-14-26)18-28-29-27(31)24-11-7-22(8-12-24)19-30-16-15-23-5-3-4-6-25(23)20-30/h3-14,18H,2,15-17,19-20H2,1H3,(H,29,31)/b28-18-. The molecule has 1 aliphatic rings. The predicted molar refractivity (Wildman–Crippen MR) is 128 cm³/mol. The minimum absolute atomic E-state index is 0.220. The molecule has 0 saturated carbocycles. The number of ether oxygens (including phenoxy) is 1. The number of amides is 1. The third-order valence-electron chi connectivity index (χ3n) is 5.56. The first kappa shape index (κ1) is 21.8. The molecule has 5 nitrogen and oxygen atoms in total. The van der Waals surface area contributed by atoms with Gasteiger partial charge in [0.15, 0.2) is 0 Å². The molecular formula is C27H29N3O2. The summed E-state index contributed by atoms with van der Waals surface area (Å²) in [5.74, 6) is 0.615. The number of carbonyl (C=O) groups excluding carboxylic acids is 1. The quantitative estimate of drug-likeness (QED) is 0.415. The van der Waals surface area contributed by atoms with Crippen molar-refractivity contribution in [3.8, 4) is 5.75 Å². The Morgan fingerprint density at radius 2 is 1.78 bits per heavy atom. The Labute approximate surface area is 189 Å². The maximum Gasteiger partial charge on any atom is 0.271 e. The van der Waals surface area contributed by atoms with Crippen LogP contribution in [0, 0.1) is 0 Å². The van der Waals surface area contributed by atoms with E-state index < -0.39 is 0 Å². The molecule has 0 radical (unpaired) electrons. The molecular weight excluding hydrogens is 398 g/mol. The van der Waals surface area contributed by atoms with Gasteiger partial charge in [-0.25, -0.2) is 5.43 Å². The summed E-state index contributed by atoms with van der Waals surface area (Å²) in [4.78, 5) is 14.8. The summed E-state index contributed by atoms with van der Waals surface area (Å²) in [6.07, 6.45) is 3.69. The maximum atomic E-state index is 12.4. The summed E-state index contributed by atoms with van der Waals surface area (Å²) in [7, 11) is 0. The molecule has 0 atom stereocenters. The molecule has 1 aliphatic heterocycles. The van der Waals surface area contributed by atoms with E-state index >= 15 is 0 Å². The highest BCUT2D eigenvalue weighted by Gasteiger charge is 2.15. The molecule has 1 amide bonds. The molecule has 4 rings (SSSR count). The van der Waals surface area contributed by atoms with Gasteiger partial charge in [0.1, 0.15) is 5.75 Å². The van der Waals surface area contributed by atoms with Crippen LogP contribution in [0.15, 0.2) is 77.9 Å². The summed E-state index contributed by atoms with van der Waals surface area (Å²) in [6, 6.07) is 24.0. The summed E-state index contributed by atoms with van der Waals surface area (Å²) in [5.41, 5.74) is 8.16. The van der Waals surface area contributed by atoms with Gasteiger partial charge in [0.05, 0.1) is 12.8 Å². The molecule has 164 valence electrons. The van der Waals surface area contributed by atoms with Gasteiger partial charge >= 0.3 is 0 Å². The van der Waals surface area contributed by atoms with E-state index in [1.807, 2.05) is 48.5 Å². The number of rotatable bonds is 8. The number of carbonyl (C=O) groups is 1. The lowest BCUT2D eigenvalue weighted by atomic mass is 9.99. The molecule has 1 N–H and O–H groups in total.